The first-order chi connectivity index (χ1) is 6.73. The molecule has 0 heterocycles. The Hall–Kier alpha value is 0.200. The second kappa shape index (κ2) is 4.60. The molecule has 4 heteroatoms. The molecule has 1 aromatic carbocycles. The van der Waals surface area contributed by atoms with Crippen molar-refractivity contribution in [2.45, 2.75) is 26.2 Å². The Morgan fingerprint density at radius 2 is 1.67 bits per heavy atom. The Morgan fingerprint density at radius 1 is 1.20 bits per heavy atom. The average Bonchev–Trinajstić information content (AvgIpc) is 2.06. The standard InChI is InChI=1S/C11H11Cl2IO/c1-11(2,3)7-5-9(13)8(12)4-6(7)10(14)15/h4-5H,1-3H3. The molecule has 15 heavy (non-hydrogen) atoms. The van der Waals surface area contributed by atoms with E-state index in [0.717, 1.165) is 5.56 Å². The van der Waals surface area contributed by atoms with Gasteiger partial charge in [-0.3, -0.25) is 4.79 Å². The van der Waals surface area contributed by atoms with Gasteiger partial charge in [0.2, 0.25) is 3.79 Å². The highest BCUT2D eigenvalue weighted by Gasteiger charge is 2.22. The minimum atomic E-state index is -0.121. The van der Waals surface area contributed by atoms with E-state index in [1.54, 1.807) is 34.7 Å². The lowest BCUT2D eigenvalue weighted by molar-refractivity contribution is 0.110. The molecule has 0 fully saturated rings. The number of hydrogen-bond acceptors (Lipinski definition) is 1. The summed E-state index contributed by atoms with van der Waals surface area (Å²) in [5, 5.41) is 0.910. The summed E-state index contributed by atoms with van der Waals surface area (Å²) in [5.74, 6) is 0. The molecule has 0 radical (unpaired) electrons. The van der Waals surface area contributed by atoms with Crippen molar-refractivity contribution in [2.75, 3.05) is 0 Å². The zero-order chi connectivity index (χ0) is 11.8. The van der Waals surface area contributed by atoms with Crippen LogP contribution in [0.1, 0.15) is 36.7 Å². The van der Waals surface area contributed by atoms with Crippen molar-refractivity contribution >= 4 is 49.6 Å². The molecule has 0 saturated heterocycles. The van der Waals surface area contributed by atoms with Crippen molar-refractivity contribution in [3.05, 3.63) is 33.3 Å². The summed E-state index contributed by atoms with van der Waals surface area (Å²) in [7, 11) is 0. The highest BCUT2D eigenvalue weighted by Crippen LogP contribution is 2.34. The van der Waals surface area contributed by atoms with E-state index in [9.17, 15) is 4.79 Å². The van der Waals surface area contributed by atoms with Crippen LogP contribution in [0.2, 0.25) is 10.0 Å². The Bertz CT molecular complexity index is 408. The molecular formula is C11H11Cl2IO. The molecule has 0 aromatic heterocycles. The topological polar surface area (TPSA) is 17.1 Å². The fourth-order valence-corrected chi connectivity index (χ4v) is 2.10. The highest BCUT2D eigenvalue weighted by atomic mass is 127. The van der Waals surface area contributed by atoms with Gasteiger partial charge in [0.05, 0.1) is 10.0 Å². The van der Waals surface area contributed by atoms with E-state index in [-0.39, 0.29) is 9.20 Å². The maximum absolute atomic E-state index is 11.5. The molecule has 0 aliphatic heterocycles. The van der Waals surface area contributed by atoms with E-state index >= 15 is 0 Å². The molecule has 0 saturated carbocycles. The zero-order valence-corrected chi connectivity index (χ0v) is 12.4. The van der Waals surface area contributed by atoms with Crippen molar-refractivity contribution in [3.63, 3.8) is 0 Å². The summed E-state index contributed by atoms with van der Waals surface area (Å²) in [6.07, 6.45) is 0. The van der Waals surface area contributed by atoms with Gasteiger partial charge in [0, 0.05) is 28.2 Å². The van der Waals surface area contributed by atoms with Gasteiger partial charge in [0.25, 0.3) is 0 Å². The number of carbonyl (C=O) groups excluding carboxylic acids is 1. The highest BCUT2D eigenvalue weighted by molar-refractivity contribution is 14.1. The Morgan fingerprint density at radius 3 is 2.07 bits per heavy atom. The Labute approximate surface area is 113 Å². The summed E-state index contributed by atoms with van der Waals surface area (Å²) < 4.78 is -0.0175. The predicted molar refractivity (Wildman–Crippen MR) is 73.5 cm³/mol. The maximum atomic E-state index is 11.5. The molecule has 0 aliphatic carbocycles. The number of rotatable bonds is 1. The Balaban J connectivity index is 3.49. The van der Waals surface area contributed by atoms with Crippen LogP contribution in [0.25, 0.3) is 0 Å². The third kappa shape index (κ3) is 3.08. The number of benzene rings is 1. The second-order valence-corrected chi connectivity index (χ2v) is 6.13. The number of halogens is 3. The monoisotopic (exact) mass is 356 g/mol. The largest absolute Gasteiger partial charge is 0.282 e. The van der Waals surface area contributed by atoms with E-state index in [1.165, 1.54) is 0 Å². The number of carbonyl (C=O) groups is 1. The fourth-order valence-electron chi connectivity index (χ4n) is 1.33. The van der Waals surface area contributed by atoms with Crippen LogP contribution in [0.3, 0.4) is 0 Å². The molecule has 0 spiro atoms. The molecule has 82 valence electrons. The van der Waals surface area contributed by atoms with Gasteiger partial charge in [-0.05, 0) is 23.1 Å². The van der Waals surface area contributed by atoms with Crippen molar-refractivity contribution in [3.8, 4) is 0 Å². The smallest absolute Gasteiger partial charge is 0.222 e. The van der Waals surface area contributed by atoms with E-state index in [1.807, 2.05) is 20.8 Å². The first-order valence-electron chi connectivity index (χ1n) is 4.43. The van der Waals surface area contributed by atoms with Crippen LogP contribution in [0.5, 0.6) is 0 Å². The van der Waals surface area contributed by atoms with E-state index in [0.29, 0.717) is 15.6 Å². The normalized spacial score (nSPS) is 11.6. The van der Waals surface area contributed by atoms with Crippen LogP contribution in [-0.4, -0.2) is 3.79 Å². The van der Waals surface area contributed by atoms with Crippen LogP contribution < -0.4 is 0 Å². The van der Waals surface area contributed by atoms with Crippen LogP contribution in [0.15, 0.2) is 12.1 Å². The van der Waals surface area contributed by atoms with Crippen LogP contribution >= 0.6 is 45.8 Å². The van der Waals surface area contributed by atoms with Crippen molar-refractivity contribution in [1.82, 2.24) is 0 Å². The van der Waals surface area contributed by atoms with Crippen molar-refractivity contribution in [1.29, 1.82) is 0 Å². The lowest BCUT2D eigenvalue weighted by atomic mass is 9.84. The first-order valence-corrected chi connectivity index (χ1v) is 6.26. The minimum absolute atomic E-state index is 0.0175. The molecular weight excluding hydrogens is 346 g/mol. The first kappa shape index (κ1) is 13.3. The minimum Gasteiger partial charge on any atom is -0.282 e. The van der Waals surface area contributed by atoms with Gasteiger partial charge in [-0.15, -0.1) is 0 Å². The molecule has 0 N–H and O–H groups in total. The summed E-state index contributed by atoms with van der Waals surface area (Å²) in [4.78, 5) is 11.5. The summed E-state index contributed by atoms with van der Waals surface area (Å²) >= 11 is 13.6. The third-order valence-electron chi connectivity index (χ3n) is 2.08. The van der Waals surface area contributed by atoms with Crippen LogP contribution in [-0.2, 0) is 5.41 Å². The fraction of sp³-hybridized carbons (Fsp3) is 0.364. The summed E-state index contributed by atoms with van der Waals surface area (Å²) in [5.41, 5.74) is 1.44. The van der Waals surface area contributed by atoms with E-state index < -0.39 is 0 Å². The lowest BCUT2D eigenvalue weighted by Gasteiger charge is -2.22. The summed E-state index contributed by atoms with van der Waals surface area (Å²) in [6.45, 7) is 6.11. The molecule has 1 aromatic rings. The molecule has 0 unspecified atom stereocenters. The summed E-state index contributed by atoms with van der Waals surface area (Å²) in [6, 6.07) is 3.41. The average molecular weight is 357 g/mol. The molecule has 0 atom stereocenters. The van der Waals surface area contributed by atoms with Crippen LogP contribution in [0.4, 0.5) is 0 Å². The van der Waals surface area contributed by atoms with Crippen LogP contribution in [0, 0.1) is 0 Å². The van der Waals surface area contributed by atoms with Crippen molar-refractivity contribution in [2.24, 2.45) is 0 Å². The predicted octanol–water partition coefficient (Wildman–Crippen LogP) is 4.87. The molecule has 0 bridgehead atoms. The van der Waals surface area contributed by atoms with Gasteiger partial charge in [-0.1, -0.05) is 44.0 Å². The Kier molecular flexibility index (Phi) is 4.07. The second-order valence-electron chi connectivity index (χ2n) is 4.34. The number of hydrogen-bond donors (Lipinski definition) is 0. The van der Waals surface area contributed by atoms with Gasteiger partial charge in [0.15, 0.2) is 0 Å². The van der Waals surface area contributed by atoms with Gasteiger partial charge in [-0.2, -0.15) is 0 Å². The van der Waals surface area contributed by atoms with Gasteiger partial charge < -0.3 is 0 Å². The molecule has 0 amide bonds. The zero-order valence-electron chi connectivity index (χ0n) is 8.70. The molecule has 1 rings (SSSR count). The van der Waals surface area contributed by atoms with E-state index in [2.05, 4.69) is 0 Å². The lowest BCUT2D eigenvalue weighted by Crippen LogP contribution is -2.15. The van der Waals surface area contributed by atoms with Crippen molar-refractivity contribution < 1.29 is 4.79 Å². The van der Waals surface area contributed by atoms with Gasteiger partial charge >= 0.3 is 0 Å². The SMILES string of the molecule is CC(C)(C)c1cc(Cl)c(Cl)cc1C(=O)I. The third-order valence-corrected chi connectivity index (χ3v) is 3.38. The molecule has 0 aliphatic rings. The van der Waals surface area contributed by atoms with Gasteiger partial charge in [-0.25, -0.2) is 0 Å². The quantitative estimate of drug-likeness (QED) is 0.518. The molecule has 1 nitrogen and oxygen atoms in total. The van der Waals surface area contributed by atoms with Gasteiger partial charge in [0.1, 0.15) is 0 Å². The van der Waals surface area contributed by atoms with E-state index in [4.69, 9.17) is 23.2 Å². The maximum Gasteiger partial charge on any atom is 0.222 e.